The maximum atomic E-state index is 13.0. The summed E-state index contributed by atoms with van der Waals surface area (Å²) in [5.74, 6) is 0.295. The molecule has 0 saturated carbocycles. The summed E-state index contributed by atoms with van der Waals surface area (Å²) >= 11 is 0. The second-order valence-corrected chi connectivity index (χ2v) is 8.70. The largest absolute Gasteiger partial charge is 0.392 e. The zero-order valence-corrected chi connectivity index (χ0v) is 16.8. The van der Waals surface area contributed by atoms with Crippen molar-refractivity contribution >= 4 is 11.0 Å². The molecule has 0 bridgehead atoms. The predicted octanol–water partition coefficient (Wildman–Crippen LogP) is 2.09. The van der Waals surface area contributed by atoms with Gasteiger partial charge in [-0.3, -0.25) is 0 Å². The van der Waals surface area contributed by atoms with E-state index in [-0.39, 0.29) is 13.2 Å². The summed E-state index contributed by atoms with van der Waals surface area (Å²) in [6, 6.07) is 16.4. The van der Waals surface area contributed by atoms with Crippen LogP contribution in [0.4, 0.5) is 0 Å². The molecule has 27 heavy (non-hydrogen) atoms. The summed E-state index contributed by atoms with van der Waals surface area (Å²) in [7, 11) is -1.40. The minimum absolute atomic E-state index is 0.0460. The van der Waals surface area contributed by atoms with Crippen molar-refractivity contribution in [3.63, 3.8) is 0 Å². The number of hydrogen-bond donors (Lipinski definition) is 3. The second-order valence-electron chi connectivity index (χ2n) is 7.21. The van der Waals surface area contributed by atoms with E-state index in [4.69, 9.17) is 10.8 Å². The van der Waals surface area contributed by atoms with E-state index in [1.807, 2.05) is 30.3 Å². The molecule has 0 aliphatic heterocycles. The van der Waals surface area contributed by atoms with Crippen LogP contribution < -0.4 is 5.73 Å². The van der Waals surface area contributed by atoms with E-state index in [2.05, 4.69) is 13.8 Å². The van der Waals surface area contributed by atoms with Crippen LogP contribution in [0.1, 0.15) is 25.0 Å². The van der Waals surface area contributed by atoms with Gasteiger partial charge in [0, 0.05) is 19.1 Å². The van der Waals surface area contributed by atoms with Gasteiger partial charge in [0.2, 0.25) is 0 Å². The van der Waals surface area contributed by atoms with E-state index in [0.717, 1.165) is 11.1 Å². The third-order valence-electron chi connectivity index (χ3n) is 4.31. The Morgan fingerprint density at radius 1 is 1.00 bits per heavy atom. The first-order valence-electron chi connectivity index (χ1n) is 9.25. The highest BCUT2D eigenvalue weighted by Gasteiger charge is 2.24. The molecule has 0 amide bonds. The van der Waals surface area contributed by atoms with E-state index in [9.17, 15) is 9.32 Å². The predicted molar refractivity (Wildman–Crippen MR) is 109 cm³/mol. The molecule has 0 heterocycles. The van der Waals surface area contributed by atoms with Crippen molar-refractivity contribution in [1.29, 1.82) is 0 Å². The molecule has 0 saturated heterocycles. The Morgan fingerprint density at radius 2 is 1.63 bits per heavy atom. The van der Waals surface area contributed by atoms with Crippen LogP contribution in [-0.2, 0) is 24.0 Å². The van der Waals surface area contributed by atoms with Crippen LogP contribution in [0.2, 0.25) is 0 Å². The maximum Gasteiger partial charge on any atom is 0.127 e. The zero-order valence-electron chi connectivity index (χ0n) is 16.0. The molecule has 3 atom stereocenters. The van der Waals surface area contributed by atoms with Crippen molar-refractivity contribution in [2.75, 3.05) is 13.1 Å². The Kier molecular flexibility index (Phi) is 8.60. The quantitative estimate of drug-likeness (QED) is 0.580. The van der Waals surface area contributed by atoms with Gasteiger partial charge >= 0.3 is 0 Å². The molecule has 2 rings (SSSR count). The normalized spacial score (nSPS) is 15.1. The minimum Gasteiger partial charge on any atom is -0.392 e. The second kappa shape index (κ2) is 10.7. The molecule has 0 aliphatic carbocycles. The number of benzene rings is 2. The Morgan fingerprint density at radius 3 is 2.19 bits per heavy atom. The van der Waals surface area contributed by atoms with Gasteiger partial charge in [-0.1, -0.05) is 56.3 Å². The molecule has 2 aromatic rings. The van der Waals surface area contributed by atoms with E-state index in [0.29, 0.717) is 23.8 Å². The van der Waals surface area contributed by atoms with Gasteiger partial charge in [-0.2, -0.15) is 0 Å². The lowest BCUT2D eigenvalue weighted by molar-refractivity contribution is 0.118. The highest BCUT2D eigenvalue weighted by Crippen LogP contribution is 2.16. The number of nitrogens with two attached hydrogens (primary N) is 1. The summed E-state index contributed by atoms with van der Waals surface area (Å²) < 4.78 is 14.8. The minimum atomic E-state index is -1.40. The number of nitrogens with zero attached hydrogens (tertiary/aromatic N) is 1. The molecular weight excluding hydrogens is 360 g/mol. The van der Waals surface area contributed by atoms with Crippen LogP contribution >= 0.6 is 0 Å². The first-order chi connectivity index (χ1) is 12.9. The molecule has 1 unspecified atom stereocenters. The van der Waals surface area contributed by atoms with E-state index < -0.39 is 23.1 Å². The van der Waals surface area contributed by atoms with Crippen LogP contribution in [0.5, 0.6) is 0 Å². The number of rotatable bonds is 10. The first-order valence-corrected chi connectivity index (χ1v) is 10.4. The SMILES string of the molecule is CC(C)CN(C[C@@H](O)[C@@H](N)Cc1ccccc1)S(=O)c1ccc(CO)cc1. The number of hydrogen-bond acceptors (Lipinski definition) is 4. The lowest BCUT2D eigenvalue weighted by Gasteiger charge is -2.28. The fourth-order valence-electron chi connectivity index (χ4n) is 2.84. The van der Waals surface area contributed by atoms with Crippen LogP contribution in [0.15, 0.2) is 59.5 Å². The van der Waals surface area contributed by atoms with Gasteiger partial charge in [0.25, 0.3) is 0 Å². The lowest BCUT2D eigenvalue weighted by Crippen LogP contribution is -2.46. The fraction of sp³-hybridized carbons (Fsp3) is 0.429. The Balaban J connectivity index is 2.06. The van der Waals surface area contributed by atoms with Crippen molar-refractivity contribution < 1.29 is 14.4 Å². The van der Waals surface area contributed by atoms with Gasteiger partial charge < -0.3 is 15.9 Å². The Labute approximate surface area is 164 Å². The standard InChI is InChI=1S/C21H30N2O3S/c1-16(2)13-23(27(26)19-10-8-18(15-24)9-11-19)14-21(25)20(22)12-17-6-4-3-5-7-17/h3-11,16,20-21,24-25H,12-15,22H2,1-2H3/t20-,21+,27?/m0/s1. The zero-order chi connectivity index (χ0) is 19.8. The Bertz CT molecular complexity index is 707. The van der Waals surface area contributed by atoms with Gasteiger partial charge in [0.1, 0.15) is 11.0 Å². The summed E-state index contributed by atoms with van der Waals surface area (Å²) in [5, 5.41) is 19.8. The molecular formula is C21H30N2O3S. The van der Waals surface area contributed by atoms with Crippen molar-refractivity contribution in [3.8, 4) is 0 Å². The van der Waals surface area contributed by atoms with Crippen LogP contribution in [0.3, 0.4) is 0 Å². The van der Waals surface area contributed by atoms with Crippen LogP contribution in [0.25, 0.3) is 0 Å². The Hall–Kier alpha value is -1.57. The van der Waals surface area contributed by atoms with E-state index in [1.165, 1.54) is 0 Å². The molecule has 4 N–H and O–H groups in total. The van der Waals surface area contributed by atoms with E-state index in [1.54, 1.807) is 28.6 Å². The summed E-state index contributed by atoms with van der Waals surface area (Å²) in [6.07, 6.45) is -0.223. The topological polar surface area (TPSA) is 86.8 Å². The van der Waals surface area contributed by atoms with Gasteiger partial charge in [-0.15, -0.1) is 0 Å². The maximum absolute atomic E-state index is 13.0. The molecule has 148 valence electrons. The highest BCUT2D eigenvalue weighted by molar-refractivity contribution is 7.82. The molecule has 2 aromatic carbocycles. The monoisotopic (exact) mass is 390 g/mol. The third kappa shape index (κ3) is 6.83. The smallest absolute Gasteiger partial charge is 0.127 e. The number of aliphatic hydroxyl groups excluding tert-OH is 2. The molecule has 0 aromatic heterocycles. The summed E-state index contributed by atoms with van der Waals surface area (Å²) in [5.41, 5.74) is 8.05. The third-order valence-corrected chi connectivity index (χ3v) is 5.75. The first kappa shape index (κ1) is 21.7. The van der Waals surface area contributed by atoms with Gasteiger partial charge in [0.15, 0.2) is 0 Å². The van der Waals surface area contributed by atoms with Crippen LogP contribution in [0, 0.1) is 5.92 Å². The number of aliphatic hydroxyl groups is 2. The molecule has 5 nitrogen and oxygen atoms in total. The summed E-state index contributed by atoms with van der Waals surface area (Å²) in [4.78, 5) is 0.650. The van der Waals surface area contributed by atoms with Gasteiger partial charge in [0.05, 0.1) is 17.6 Å². The summed E-state index contributed by atoms with van der Waals surface area (Å²) in [6.45, 7) is 4.88. The fourth-order valence-corrected chi connectivity index (χ4v) is 4.23. The average Bonchev–Trinajstić information content (AvgIpc) is 2.67. The molecule has 0 fully saturated rings. The van der Waals surface area contributed by atoms with Crippen molar-refractivity contribution in [1.82, 2.24) is 4.31 Å². The van der Waals surface area contributed by atoms with E-state index >= 15 is 0 Å². The highest BCUT2D eigenvalue weighted by atomic mass is 32.2. The molecule has 6 heteroatoms. The van der Waals surface area contributed by atoms with Crippen molar-refractivity contribution in [3.05, 3.63) is 65.7 Å². The van der Waals surface area contributed by atoms with Gasteiger partial charge in [-0.25, -0.2) is 8.51 Å². The average molecular weight is 391 g/mol. The van der Waals surface area contributed by atoms with Crippen molar-refractivity contribution in [2.45, 2.75) is 43.9 Å². The molecule has 0 spiro atoms. The van der Waals surface area contributed by atoms with Crippen molar-refractivity contribution in [2.24, 2.45) is 11.7 Å². The van der Waals surface area contributed by atoms with Gasteiger partial charge in [-0.05, 0) is 35.6 Å². The molecule has 0 radical (unpaired) electrons. The lowest BCUT2D eigenvalue weighted by atomic mass is 10.0. The van der Waals surface area contributed by atoms with Crippen LogP contribution in [-0.4, -0.2) is 44.0 Å². The molecule has 0 aliphatic rings.